The average molecular weight is 285 g/mol. The lowest BCUT2D eigenvalue weighted by atomic mass is 10.3. The van der Waals surface area contributed by atoms with E-state index < -0.39 is 10.0 Å². The Morgan fingerprint density at radius 3 is 2.67 bits per heavy atom. The Morgan fingerprint density at radius 2 is 2.06 bits per heavy atom. The Labute approximate surface area is 108 Å². The van der Waals surface area contributed by atoms with Crippen molar-refractivity contribution in [1.82, 2.24) is 10.2 Å². The minimum absolute atomic E-state index is 0.182. The number of nitrogens with zero attached hydrogens (tertiary/aromatic N) is 2. The SMILES string of the molecule is CCc1nnc(NS(=O)(=O)c2ccccc2O)s1. The Morgan fingerprint density at radius 1 is 1.33 bits per heavy atom. The molecule has 8 heteroatoms. The molecule has 0 fully saturated rings. The van der Waals surface area contributed by atoms with E-state index in [0.29, 0.717) is 6.42 Å². The molecule has 0 aliphatic carbocycles. The molecular formula is C10H11N3O3S2. The number of phenolic OH excluding ortho intramolecular Hbond substituents is 1. The summed E-state index contributed by atoms with van der Waals surface area (Å²) in [5.74, 6) is -0.301. The molecule has 2 aromatic rings. The van der Waals surface area contributed by atoms with Crippen LogP contribution in [0, 0.1) is 0 Å². The molecule has 1 aromatic carbocycles. The summed E-state index contributed by atoms with van der Waals surface area (Å²) in [6.45, 7) is 1.90. The van der Waals surface area contributed by atoms with E-state index in [0.717, 1.165) is 5.01 Å². The van der Waals surface area contributed by atoms with Crippen molar-refractivity contribution in [3.8, 4) is 5.75 Å². The highest BCUT2D eigenvalue weighted by Gasteiger charge is 2.19. The summed E-state index contributed by atoms with van der Waals surface area (Å²) in [5.41, 5.74) is 0. The zero-order valence-electron chi connectivity index (χ0n) is 9.49. The number of sulfonamides is 1. The van der Waals surface area contributed by atoms with Crippen molar-refractivity contribution < 1.29 is 13.5 Å². The lowest BCUT2D eigenvalue weighted by molar-refractivity contribution is 0.459. The number of hydrogen-bond acceptors (Lipinski definition) is 6. The molecule has 0 unspecified atom stereocenters. The van der Waals surface area contributed by atoms with Crippen LogP contribution in [0.2, 0.25) is 0 Å². The molecule has 0 saturated heterocycles. The van der Waals surface area contributed by atoms with Gasteiger partial charge in [0.2, 0.25) is 5.13 Å². The fraction of sp³-hybridized carbons (Fsp3) is 0.200. The number of aromatic nitrogens is 2. The highest BCUT2D eigenvalue weighted by atomic mass is 32.2. The van der Waals surface area contributed by atoms with E-state index in [1.807, 2.05) is 6.92 Å². The van der Waals surface area contributed by atoms with Gasteiger partial charge in [-0.15, -0.1) is 10.2 Å². The summed E-state index contributed by atoms with van der Waals surface area (Å²) in [6.07, 6.45) is 0.690. The average Bonchev–Trinajstić information content (AvgIpc) is 2.76. The van der Waals surface area contributed by atoms with Gasteiger partial charge in [0.15, 0.2) is 0 Å². The second-order valence-electron chi connectivity index (χ2n) is 3.43. The van der Waals surface area contributed by atoms with E-state index in [1.54, 1.807) is 6.07 Å². The van der Waals surface area contributed by atoms with Crippen LogP contribution >= 0.6 is 11.3 Å². The number of nitrogens with one attached hydrogen (secondary N) is 1. The van der Waals surface area contributed by atoms with Crippen LogP contribution in [0.3, 0.4) is 0 Å². The van der Waals surface area contributed by atoms with E-state index >= 15 is 0 Å². The first-order valence-corrected chi connectivity index (χ1v) is 7.46. The monoisotopic (exact) mass is 285 g/mol. The summed E-state index contributed by atoms with van der Waals surface area (Å²) in [7, 11) is -3.83. The molecular weight excluding hydrogens is 274 g/mol. The molecule has 1 aromatic heterocycles. The summed E-state index contributed by atoms with van der Waals surface area (Å²) in [6, 6.07) is 5.71. The van der Waals surface area contributed by atoms with Gasteiger partial charge in [0.25, 0.3) is 10.0 Å². The van der Waals surface area contributed by atoms with Gasteiger partial charge in [-0.05, 0) is 18.6 Å². The number of hydrogen-bond donors (Lipinski definition) is 2. The number of benzene rings is 1. The summed E-state index contributed by atoms with van der Waals surface area (Å²) in [5, 5.41) is 18.0. The first-order valence-electron chi connectivity index (χ1n) is 5.16. The molecule has 2 rings (SSSR count). The van der Waals surface area contributed by atoms with Crippen LogP contribution in [0.4, 0.5) is 5.13 Å². The predicted octanol–water partition coefficient (Wildman–Crippen LogP) is 1.61. The normalized spacial score (nSPS) is 11.4. The van der Waals surface area contributed by atoms with Crippen LogP contribution in [0.25, 0.3) is 0 Å². The molecule has 2 N–H and O–H groups in total. The third-order valence-corrected chi connectivity index (χ3v) is 4.64. The van der Waals surface area contributed by atoms with Crippen LogP contribution in [0.15, 0.2) is 29.2 Å². The number of phenols is 1. The molecule has 0 atom stereocenters. The maximum absolute atomic E-state index is 12.0. The van der Waals surface area contributed by atoms with E-state index in [1.165, 1.54) is 29.5 Å². The van der Waals surface area contributed by atoms with Gasteiger partial charge in [-0.25, -0.2) is 8.42 Å². The third-order valence-electron chi connectivity index (χ3n) is 2.15. The number of anilines is 1. The van der Waals surface area contributed by atoms with Crippen molar-refractivity contribution >= 4 is 26.5 Å². The highest BCUT2D eigenvalue weighted by molar-refractivity contribution is 7.93. The van der Waals surface area contributed by atoms with Gasteiger partial charge in [0.05, 0.1) is 0 Å². The van der Waals surface area contributed by atoms with Crippen molar-refractivity contribution in [2.45, 2.75) is 18.2 Å². The molecule has 0 bridgehead atoms. The Hall–Kier alpha value is -1.67. The Kier molecular flexibility index (Phi) is 3.48. The van der Waals surface area contributed by atoms with E-state index in [2.05, 4.69) is 14.9 Å². The van der Waals surface area contributed by atoms with Crippen molar-refractivity contribution in [2.75, 3.05) is 4.72 Å². The number of aromatic hydroxyl groups is 1. The van der Waals surface area contributed by atoms with Gasteiger partial charge in [-0.2, -0.15) is 0 Å². The molecule has 96 valence electrons. The minimum Gasteiger partial charge on any atom is -0.507 e. The van der Waals surface area contributed by atoms with Crippen LogP contribution in [-0.4, -0.2) is 23.7 Å². The molecule has 6 nitrogen and oxygen atoms in total. The molecule has 0 spiro atoms. The fourth-order valence-corrected chi connectivity index (χ4v) is 3.30. The van der Waals surface area contributed by atoms with E-state index in [4.69, 9.17) is 0 Å². The summed E-state index contributed by atoms with van der Waals surface area (Å²) >= 11 is 1.17. The maximum Gasteiger partial charge on any atom is 0.267 e. The number of para-hydroxylation sites is 1. The number of aryl methyl sites for hydroxylation is 1. The van der Waals surface area contributed by atoms with Gasteiger partial charge in [-0.1, -0.05) is 30.4 Å². The summed E-state index contributed by atoms with van der Waals surface area (Å²) in [4.78, 5) is -0.182. The molecule has 18 heavy (non-hydrogen) atoms. The van der Waals surface area contributed by atoms with Gasteiger partial charge in [0.1, 0.15) is 15.7 Å². The lowest BCUT2D eigenvalue weighted by Crippen LogP contribution is -2.12. The van der Waals surface area contributed by atoms with Crippen molar-refractivity contribution in [3.63, 3.8) is 0 Å². The number of rotatable bonds is 4. The maximum atomic E-state index is 12.0. The first-order chi connectivity index (χ1) is 8.53. The minimum atomic E-state index is -3.83. The zero-order valence-corrected chi connectivity index (χ0v) is 11.1. The molecule has 0 saturated carbocycles. The molecule has 0 aliphatic rings. The fourth-order valence-electron chi connectivity index (χ4n) is 1.29. The predicted molar refractivity (Wildman–Crippen MR) is 68.2 cm³/mol. The Balaban J connectivity index is 2.30. The third kappa shape index (κ3) is 2.59. The smallest absolute Gasteiger partial charge is 0.267 e. The molecule has 0 radical (unpaired) electrons. The zero-order chi connectivity index (χ0) is 13.2. The molecule has 1 heterocycles. The van der Waals surface area contributed by atoms with Crippen molar-refractivity contribution in [2.24, 2.45) is 0 Å². The van der Waals surface area contributed by atoms with Gasteiger partial charge < -0.3 is 5.11 Å². The van der Waals surface area contributed by atoms with Crippen LogP contribution in [0.1, 0.15) is 11.9 Å². The first kappa shape index (κ1) is 12.8. The van der Waals surface area contributed by atoms with Gasteiger partial charge >= 0.3 is 0 Å². The molecule has 0 amide bonds. The van der Waals surface area contributed by atoms with Crippen LogP contribution in [0.5, 0.6) is 5.75 Å². The summed E-state index contributed by atoms with van der Waals surface area (Å²) < 4.78 is 26.3. The second kappa shape index (κ2) is 4.91. The Bertz CT molecular complexity index is 652. The van der Waals surface area contributed by atoms with E-state index in [9.17, 15) is 13.5 Å². The standard InChI is InChI=1S/C10H11N3O3S2/c1-2-9-11-12-10(17-9)13-18(15,16)8-6-4-3-5-7(8)14/h3-6,14H,2H2,1H3,(H,12,13). The van der Waals surface area contributed by atoms with Crippen LogP contribution in [-0.2, 0) is 16.4 Å². The van der Waals surface area contributed by atoms with Gasteiger partial charge in [0, 0.05) is 0 Å². The topological polar surface area (TPSA) is 92.2 Å². The largest absolute Gasteiger partial charge is 0.507 e. The quantitative estimate of drug-likeness (QED) is 0.890. The van der Waals surface area contributed by atoms with Crippen molar-refractivity contribution in [3.05, 3.63) is 29.3 Å². The van der Waals surface area contributed by atoms with Crippen LogP contribution < -0.4 is 4.72 Å². The van der Waals surface area contributed by atoms with Crippen molar-refractivity contribution in [1.29, 1.82) is 0 Å². The van der Waals surface area contributed by atoms with Gasteiger partial charge in [-0.3, -0.25) is 4.72 Å². The molecule has 0 aliphatic heterocycles. The highest BCUT2D eigenvalue weighted by Crippen LogP contribution is 2.25. The second-order valence-corrected chi connectivity index (χ2v) is 6.14. The van der Waals surface area contributed by atoms with E-state index in [-0.39, 0.29) is 15.8 Å². The lowest BCUT2D eigenvalue weighted by Gasteiger charge is -2.05.